The molecule has 0 N–H and O–H groups in total. The summed E-state index contributed by atoms with van der Waals surface area (Å²) in [7, 11) is 4.31. The van der Waals surface area contributed by atoms with E-state index in [0.717, 1.165) is 0 Å². The van der Waals surface area contributed by atoms with E-state index in [2.05, 4.69) is 4.98 Å². The lowest BCUT2D eigenvalue weighted by Gasteiger charge is -2.12. The molecule has 0 bridgehead atoms. The van der Waals surface area contributed by atoms with Crippen LogP contribution in [0.3, 0.4) is 0 Å². The minimum absolute atomic E-state index is 0.209. The van der Waals surface area contributed by atoms with Crippen molar-refractivity contribution in [3.05, 3.63) is 54.4 Å². The zero-order valence-corrected chi connectivity index (χ0v) is 13.1. The van der Waals surface area contributed by atoms with Crippen molar-refractivity contribution in [1.29, 1.82) is 0 Å². The first-order valence-electron chi connectivity index (χ1n) is 6.78. The van der Waals surface area contributed by atoms with Crippen LogP contribution in [0.2, 0.25) is 0 Å². The number of pyridine rings is 1. The number of esters is 1. The maximum atomic E-state index is 11.9. The molecule has 0 spiro atoms. The molecule has 0 atom stereocenters. The smallest absolute Gasteiger partial charge is 0.341 e. The van der Waals surface area contributed by atoms with E-state index in [1.807, 2.05) is 0 Å². The lowest BCUT2D eigenvalue weighted by Crippen LogP contribution is -2.06. The van der Waals surface area contributed by atoms with Gasteiger partial charge in [0.15, 0.2) is 0 Å². The first kappa shape index (κ1) is 16.4. The van der Waals surface area contributed by atoms with Crippen LogP contribution in [-0.4, -0.2) is 32.3 Å². The number of hydrogen-bond donors (Lipinski definition) is 0. The van der Waals surface area contributed by atoms with Gasteiger partial charge in [-0.25, -0.2) is 9.78 Å². The van der Waals surface area contributed by atoms with Gasteiger partial charge in [0.1, 0.15) is 17.1 Å². The van der Waals surface area contributed by atoms with Crippen molar-refractivity contribution < 1.29 is 23.7 Å². The second-order valence-corrected chi connectivity index (χ2v) is 4.40. The van der Waals surface area contributed by atoms with E-state index >= 15 is 0 Å². The summed E-state index contributed by atoms with van der Waals surface area (Å²) in [6, 6.07) is 10.5. The molecule has 0 amide bonds. The van der Waals surface area contributed by atoms with Crippen LogP contribution >= 0.6 is 0 Å². The van der Waals surface area contributed by atoms with Gasteiger partial charge >= 0.3 is 5.97 Å². The summed E-state index contributed by atoms with van der Waals surface area (Å²) in [6.07, 6.45) is 2.86. The summed E-state index contributed by atoms with van der Waals surface area (Å²) in [5, 5.41) is 0. The number of ether oxygens (including phenoxy) is 4. The largest absolute Gasteiger partial charge is 0.503 e. The highest BCUT2D eigenvalue weighted by atomic mass is 16.5. The standard InChI is InChI=1S/C17H17NO5/c1-20-11-15(17(19)22-3)14-8-5-9-18-16(14)23-13-7-4-6-12(10-13)21-2/h4-11H,1-3H3/b15-11+. The summed E-state index contributed by atoms with van der Waals surface area (Å²) < 4.78 is 20.7. The molecule has 23 heavy (non-hydrogen) atoms. The van der Waals surface area contributed by atoms with Crippen molar-refractivity contribution in [2.75, 3.05) is 21.3 Å². The number of hydrogen-bond acceptors (Lipinski definition) is 6. The fraction of sp³-hybridized carbons (Fsp3) is 0.176. The van der Waals surface area contributed by atoms with Crippen LogP contribution in [0.5, 0.6) is 17.4 Å². The molecular weight excluding hydrogens is 298 g/mol. The van der Waals surface area contributed by atoms with E-state index in [1.165, 1.54) is 20.5 Å². The van der Waals surface area contributed by atoms with E-state index in [0.29, 0.717) is 17.1 Å². The van der Waals surface area contributed by atoms with Gasteiger partial charge in [-0.1, -0.05) is 6.07 Å². The Morgan fingerprint density at radius 1 is 1.09 bits per heavy atom. The van der Waals surface area contributed by atoms with Crippen LogP contribution in [0, 0.1) is 0 Å². The van der Waals surface area contributed by atoms with E-state index in [9.17, 15) is 4.79 Å². The molecule has 0 aliphatic heterocycles. The van der Waals surface area contributed by atoms with Crippen LogP contribution in [0.4, 0.5) is 0 Å². The molecule has 0 aliphatic rings. The number of rotatable bonds is 6. The molecule has 0 saturated heterocycles. The lowest BCUT2D eigenvalue weighted by molar-refractivity contribution is -0.133. The number of nitrogens with zero attached hydrogens (tertiary/aromatic N) is 1. The Labute approximate surface area is 134 Å². The van der Waals surface area contributed by atoms with Gasteiger partial charge in [-0.05, 0) is 24.3 Å². The van der Waals surface area contributed by atoms with Crippen LogP contribution in [0.1, 0.15) is 5.56 Å². The predicted octanol–water partition coefficient (Wildman–Crippen LogP) is 3.04. The SMILES string of the molecule is CO/C=C(/C(=O)OC)c1cccnc1Oc1cccc(OC)c1. The average molecular weight is 315 g/mol. The number of benzene rings is 1. The Kier molecular flexibility index (Phi) is 5.57. The normalized spacial score (nSPS) is 10.8. The molecule has 0 unspecified atom stereocenters. The molecule has 120 valence electrons. The van der Waals surface area contributed by atoms with Gasteiger partial charge < -0.3 is 18.9 Å². The zero-order valence-electron chi connectivity index (χ0n) is 13.1. The van der Waals surface area contributed by atoms with Crippen LogP contribution in [0.25, 0.3) is 5.57 Å². The minimum atomic E-state index is -0.546. The molecule has 0 fully saturated rings. The predicted molar refractivity (Wildman–Crippen MR) is 84.3 cm³/mol. The lowest BCUT2D eigenvalue weighted by atomic mass is 10.1. The van der Waals surface area contributed by atoms with Crippen LogP contribution in [0.15, 0.2) is 48.9 Å². The Morgan fingerprint density at radius 3 is 2.57 bits per heavy atom. The summed E-state index contributed by atoms with van der Waals surface area (Å²) >= 11 is 0. The van der Waals surface area contributed by atoms with Crippen molar-refractivity contribution in [2.24, 2.45) is 0 Å². The first-order chi connectivity index (χ1) is 11.2. The van der Waals surface area contributed by atoms with Crippen molar-refractivity contribution >= 4 is 11.5 Å². The van der Waals surface area contributed by atoms with Crippen LogP contribution in [-0.2, 0) is 14.3 Å². The summed E-state index contributed by atoms with van der Waals surface area (Å²) in [5.74, 6) is 0.899. The second kappa shape index (κ2) is 7.84. The molecule has 0 radical (unpaired) electrons. The van der Waals surface area contributed by atoms with Crippen molar-refractivity contribution in [3.8, 4) is 17.4 Å². The van der Waals surface area contributed by atoms with Gasteiger partial charge in [0.05, 0.1) is 33.2 Å². The monoisotopic (exact) mass is 315 g/mol. The van der Waals surface area contributed by atoms with E-state index in [-0.39, 0.29) is 11.5 Å². The highest BCUT2D eigenvalue weighted by Gasteiger charge is 2.19. The summed E-state index contributed by atoms with van der Waals surface area (Å²) in [6.45, 7) is 0. The summed E-state index contributed by atoms with van der Waals surface area (Å²) in [4.78, 5) is 16.1. The average Bonchev–Trinajstić information content (AvgIpc) is 2.60. The minimum Gasteiger partial charge on any atom is -0.503 e. The molecule has 1 heterocycles. The molecule has 2 aromatic rings. The highest BCUT2D eigenvalue weighted by molar-refractivity contribution is 6.16. The van der Waals surface area contributed by atoms with E-state index in [1.54, 1.807) is 49.7 Å². The molecule has 1 aromatic heterocycles. The Bertz CT molecular complexity index is 712. The zero-order chi connectivity index (χ0) is 16.7. The van der Waals surface area contributed by atoms with Crippen molar-refractivity contribution in [2.45, 2.75) is 0 Å². The van der Waals surface area contributed by atoms with Gasteiger partial charge in [-0.15, -0.1) is 0 Å². The van der Waals surface area contributed by atoms with Gasteiger partial charge in [0.25, 0.3) is 0 Å². The molecular formula is C17H17NO5. The third kappa shape index (κ3) is 4.00. The van der Waals surface area contributed by atoms with Gasteiger partial charge in [0, 0.05) is 12.3 Å². The van der Waals surface area contributed by atoms with Crippen LogP contribution < -0.4 is 9.47 Å². The second-order valence-electron chi connectivity index (χ2n) is 4.40. The molecule has 2 rings (SSSR count). The quantitative estimate of drug-likeness (QED) is 0.464. The van der Waals surface area contributed by atoms with E-state index < -0.39 is 5.97 Å². The fourth-order valence-electron chi connectivity index (χ4n) is 1.90. The van der Waals surface area contributed by atoms with Crippen molar-refractivity contribution in [1.82, 2.24) is 4.98 Å². The number of aromatic nitrogens is 1. The van der Waals surface area contributed by atoms with E-state index in [4.69, 9.17) is 18.9 Å². The molecule has 1 aromatic carbocycles. The number of carbonyl (C=O) groups is 1. The molecule has 6 heteroatoms. The topological polar surface area (TPSA) is 66.9 Å². The number of methoxy groups -OCH3 is 3. The third-order valence-corrected chi connectivity index (χ3v) is 2.96. The molecule has 0 saturated carbocycles. The summed E-state index contributed by atoms with van der Waals surface area (Å²) in [5.41, 5.74) is 0.671. The first-order valence-corrected chi connectivity index (χ1v) is 6.78. The Balaban J connectivity index is 2.40. The fourth-order valence-corrected chi connectivity index (χ4v) is 1.90. The van der Waals surface area contributed by atoms with Gasteiger partial charge in [-0.3, -0.25) is 0 Å². The van der Waals surface area contributed by atoms with Crippen molar-refractivity contribution in [3.63, 3.8) is 0 Å². The Morgan fingerprint density at radius 2 is 1.87 bits per heavy atom. The van der Waals surface area contributed by atoms with Gasteiger partial charge in [-0.2, -0.15) is 0 Å². The number of carbonyl (C=O) groups excluding carboxylic acids is 1. The maximum absolute atomic E-state index is 11.9. The molecule has 6 nitrogen and oxygen atoms in total. The highest BCUT2D eigenvalue weighted by Crippen LogP contribution is 2.30. The Hall–Kier alpha value is -3.02. The molecule has 0 aliphatic carbocycles. The third-order valence-electron chi connectivity index (χ3n) is 2.96. The van der Waals surface area contributed by atoms with Gasteiger partial charge in [0.2, 0.25) is 5.88 Å². The maximum Gasteiger partial charge on any atom is 0.341 e.